The molecule has 1 N–H and O–H groups in total. The standard InChI is InChI=1S/C31H48N4O/c1-7-25(33(9-3)10-4)23-26(8-2)35-27-18-14-13-15-20-29(27)36-30-22-21-24(17-16-19-28(30)35)31(32)34(11-5)12-6/h13-18,20-21,25-27,32H,7-12,19,22-23H2,1-6H3/b17-16?,24-21+,32-31?. The molecule has 0 aromatic carbocycles. The lowest BCUT2D eigenvalue weighted by Crippen LogP contribution is -2.49. The van der Waals surface area contributed by atoms with Crippen molar-refractivity contribution >= 4 is 5.84 Å². The zero-order valence-electron chi connectivity index (χ0n) is 23.5. The van der Waals surface area contributed by atoms with E-state index < -0.39 is 0 Å². The Morgan fingerprint density at radius 2 is 1.75 bits per heavy atom. The molecule has 0 saturated heterocycles. The average molecular weight is 493 g/mol. The number of likely N-dealkylation sites (N-methyl/N-ethyl adjacent to an activating group) is 1. The molecule has 3 aliphatic rings. The van der Waals surface area contributed by atoms with Crippen LogP contribution in [0.1, 0.15) is 73.6 Å². The molecule has 3 atom stereocenters. The molecule has 36 heavy (non-hydrogen) atoms. The number of allylic oxidation sites excluding steroid dienone is 6. The average Bonchev–Trinajstić information content (AvgIpc) is 3.12. The molecule has 0 spiro atoms. The molecule has 3 rings (SSSR count). The quantitative estimate of drug-likeness (QED) is 0.255. The van der Waals surface area contributed by atoms with Crippen LogP contribution in [0.15, 0.2) is 71.4 Å². The summed E-state index contributed by atoms with van der Waals surface area (Å²) in [4.78, 5) is 7.39. The summed E-state index contributed by atoms with van der Waals surface area (Å²) in [5.41, 5.74) is 2.28. The van der Waals surface area contributed by atoms with Crippen LogP contribution >= 0.6 is 0 Å². The van der Waals surface area contributed by atoms with Crippen molar-refractivity contribution in [2.45, 2.75) is 91.8 Å². The van der Waals surface area contributed by atoms with Crippen molar-refractivity contribution < 1.29 is 4.74 Å². The van der Waals surface area contributed by atoms with Crippen LogP contribution < -0.4 is 0 Å². The fraction of sp³-hybridized carbons (Fsp3) is 0.581. The van der Waals surface area contributed by atoms with Crippen molar-refractivity contribution in [1.82, 2.24) is 14.7 Å². The van der Waals surface area contributed by atoms with Gasteiger partial charge in [-0.15, -0.1) is 0 Å². The van der Waals surface area contributed by atoms with Gasteiger partial charge >= 0.3 is 0 Å². The van der Waals surface area contributed by atoms with Crippen LogP contribution in [-0.4, -0.2) is 64.8 Å². The zero-order chi connectivity index (χ0) is 26.1. The van der Waals surface area contributed by atoms with Crippen molar-refractivity contribution in [2.24, 2.45) is 0 Å². The largest absolute Gasteiger partial charge is 0.461 e. The summed E-state index contributed by atoms with van der Waals surface area (Å²) in [6, 6.07) is 1.11. The van der Waals surface area contributed by atoms with Gasteiger partial charge in [0.15, 0.2) is 0 Å². The van der Waals surface area contributed by atoms with Crippen LogP contribution in [0.2, 0.25) is 0 Å². The molecule has 5 heteroatoms. The first-order valence-corrected chi connectivity index (χ1v) is 14.2. The maximum absolute atomic E-state index is 8.73. The van der Waals surface area contributed by atoms with E-state index in [1.54, 1.807) is 0 Å². The fourth-order valence-corrected chi connectivity index (χ4v) is 5.81. The Labute approximate surface area is 220 Å². The molecule has 198 valence electrons. The van der Waals surface area contributed by atoms with Gasteiger partial charge in [0.2, 0.25) is 0 Å². The molecule has 1 heterocycles. The fourth-order valence-electron chi connectivity index (χ4n) is 5.81. The first kappa shape index (κ1) is 28.0. The number of ether oxygens (including phenoxy) is 1. The molecule has 0 saturated carbocycles. The summed E-state index contributed by atoms with van der Waals surface area (Å²) in [6.07, 6.45) is 22.3. The van der Waals surface area contributed by atoms with Gasteiger partial charge in [0.05, 0.1) is 5.70 Å². The van der Waals surface area contributed by atoms with Crippen LogP contribution in [0.25, 0.3) is 0 Å². The second-order valence-electron chi connectivity index (χ2n) is 9.73. The Morgan fingerprint density at radius 3 is 2.39 bits per heavy atom. The molecule has 2 aliphatic carbocycles. The number of fused-ring (bicyclic) bond motifs is 1. The second-order valence-corrected chi connectivity index (χ2v) is 9.73. The van der Waals surface area contributed by atoms with Gasteiger partial charge in [0.1, 0.15) is 23.4 Å². The minimum absolute atomic E-state index is 0.114. The lowest BCUT2D eigenvalue weighted by Gasteiger charge is -2.46. The summed E-state index contributed by atoms with van der Waals surface area (Å²) in [5.74, 6) is 2.64. The molecule has 3 unspecified atom stereocenters. The van der Waals surface area contributed by atoms with E-state index in [-0.39, 0.29) is 6.04 Å². The Kier molecular flexibility index (Phi) is 10.7. The van der Waals surface area contributed by atoms with Crippen molar-refractivity contribution in [3.8, 4) is 0 Å². The Bertz CT molecular complexity index is 930. The highest BCUT2D eigenvalue weighted by molar-refractivity contribution is 5.98. The van der Waals surface area contributed by atoms with Crippen molar-refractivity contribution in [2.75, 3.05) is 26.2 Å². The Hall–Kier alpha value is -2.53. The minimum Gasteiger partial charge on any atom is -0.461 e. The second kappa shape index (κ2) is 13.7. The molecule has 0 aromatic heterocycles. The number of hydrogen-bond acceptors (Lipinski definition) is 4. The number of rotatable bonds is 11. The van der Waals surface area contributed by atoms with E-state index in [1.165, 1.54) is 12.1 Å². The lowest BCUT2D eigenvalue weighted by molar-refractivity contribution is 0.0896. The van der Waals surface area contributed by atoms with E-state index in [9.17, 15) is 0 Å². The zero-order valence-corrected chi connectivity index (χ0v) is 23.5. The van der Waals surface area contributed by atoms with Crippen molar-refractivity contribution in [3.63, 3.8) is 0 Å². The van der Waals surface area contributed by atoms with E-state index in [0.717, 1.165) is 62.5 Å². The maximum Gasteiger partial charge on any atom is 0.130 e. The van der Waals surface area contributed by atoms with Crippen LogP contribution in [0.5, 0.6) is 0 Å². The van der Waals surface area contributed by atoms with Crippen LogP contribution in [-0.2, 0) is 4.74 Å². The van der Waals surface area contributed by atoms with Gasteiger partial charge in [0.25, 0.3) is 0 Å². The highest BCUT2D eigenvalue weighted by Crippen LogP contribution is 2.39. The molecule has 0 bridgehead atoms. The molecule has 0 radical (unpaired) electrons. The van der Waals surface area contributed by atoms with E-state index in [4.69, 9.17) is 10.1 Å². The van der Waals surface area contributed by atoms with Gasteiger partial charge in [-0.3, -0.25) is 5.41 Å². The van der Waals surface area contributed by atoms with E-state index in [0.29, 0.717) is 24.3 Å². The maximum atomic E-state index is 8.73. The molecule has 0 fully saturated rings. The molecule has 1 aliphatic heterocycles. The normalized spacial score (nSPS) is 22.4. The Morgan fingerprint density at radius 1 is 1.00 bits per heavy atom. The topological polar surface area (TPSA) is 42.8 Å². The van der Waals surface area contributed by atoms with Crippen molar-refractivity contribution in [1.29, 1.82) is 5.41 Å². The van der Waals surface area contributed by atoms with Crippen molar-refractivity contribution in [3.05, 3.63) is 71.4 Å². The summed E-state index contributed by atoms with van der Waals surface area (Å²) < 4.78 is 6.62. The van der Waals surface area contributed by atoms with Crippen LogP contribution in [0.3, 0.4) is 0 Å². The van der Waals surface area contributed by atoms with Gasteiger partial charge < -0.3 is 19.4 Å². The monoisotopic (exact) mass is 492 g/mol. The van der Waals surface area contributed by atoms with E-state index in [1.807, 2.05) is 0 Å². The molecular formula is C31H48N4O. The van der Waals surface area contributed by atoms with Gasteiger partial charge in [-0.2, -0.15) is 0 Å². The summed E-state index contributed by atoms with van der Waals surface area (Å²) in [6.45, 7) is 17.3. The first-order valence-electron chi connectivity index (χ1n) is 14.2. The summed E-state index contributed by atoms with van der Waals surface area (Å²) in [5, 5.41) is 8.73. The van der Waals surface area contributed by atoms with Gasteiger partial charge in [-0.1, -0.05) is 70.2 Å². The smallest absolute Gasteiger partial charge is 0.130 e. The van der Waals surface area contributed by atoms with Crippen LogP contribution in [0.4, 0.5) is 0 Å². The predicted molar refractivity (Wildman–Crippen MR) is 153 cm³/mol. The number of nitrogens with zero attached hydrogens (tertiary/aromatic N) is 3. The number of amidine groups is 1. The SMILES string of the molecule is CCC(CC(CC)N1C2=C(C/C=C(/C(=N)N(CC)CC)C=CC2)OC2=CC=CC=CC21)N(CC)CC. The van der Waals surface area contributed by atoms with Gasteiger partial charge in [-0.05, 0) is 52.3 Å². The molecule has 0 aromatic rings. The van der Waals surface area contributed by atoms with E-state index >= 15 is 0 Å². The third-order valence-electron chi connectivity index (χ3n) is 7.92. The molecule has 0 amide bonds. The molecular weight excluding hydrogens is 444 g/mol. The number of nitrogens with one attached hydrogen (secondary N) is 1. The van der Waals surface area contributed by atoms with Gasteiger partial charge in [0, 0.05) is 43.6 Å². The Balaban J connectivity index is 2.00. The third kappa shape index (κ3) is 6.23. The van der Waals surface area contributed by atoms with Crippen LogP contribution in [0, 0.1) is 5.41 Å². The minimum atomic E-state index is 0.114. The number of hydrogen-bond donors (Lipinski definition) is 1. The highest BCUT2D eigenvalue weighted by Gasteiger charge is 2.37. The summed E-state index contributed by atoms with van der Waals surface area (Å²) >= 11 is 0. The third-order valence-corrected chi connectivity index (χ3v) is 7.92. The lowest BCUT2D eigenvalue weighted by atomic mass is 9.94. The molecule has 5 nitrogen and oxygen atoms in total. The summed E-state index contributed by atoms with van der Waals surface area (Å²) in [7, 11) is 0. The first-order chi connectivity index (χ1) is 17.5. The highest BCUT2D eigenvalue weighted by atomic mass is 16.5. The van der Waals surface area contributed by atoms with Gasteiger partial charge in [-0.25, -0.2) is 0 Å². The predicted octanol–water partition coefficient (Wildman–Crippen LogP) is 6.79. The van der Waals surface area contributed by atoms with E-state index in [2.05, 4.69) is 105 Å².